The molecule has 0 aliphatic heterocycles. The van der Waals surface area contributed by atoms with Crippen LogP contribution in [-0.2, 0) is 7.05 Å². The molecule has 0 bridgehead atoms. The molecule has 0 spiro atoms. The fraction of sp³-hybridized carbons (Fsp3) is 0.300. The number of hydrogen-bond donors (Lipinski definition) is 0. The molecule has 25 heavy (non-hydrogen) atoms. The van der Waals surface area contributed by atoms with E-state index in [4.69, 9.17) is 4.98 Å². The predicted octanol–water partition coefficient (Wildman–Crippen LogP) is 5.09. The zero-order chi connectivity index (χ0) is 17.4. The Kier molecular flexibility index (Phi) is 4.17. The van der Waals surface area contributed by atoms with Crippen molar-refractivity contribution in [1.29, 1.82) is 0 Å². The number of thiophene rings is 1. The first kappa shape index (κ1) is 16.1. The van der Waals surface area contributed by atoms with Crippen LogP contribution in [0.5, 0.6) is 0 Å². The maximum Gasteiger partial charge on any atom is 0.130 e. The Labute approximate surface area is 151 Å². The highest BCUT2D eigenvalue weighted by molar-refractivity contribution is 7.17. The van der Waals surface area contributed by atoms with Crippen LogP contribution in [0.1, 0.15) is 20.3 Å². The first-order valence-electron chi connectivity index (χ1n) is 8.76. The van der Waals surface area contributed by atoms with Crippen molar-refractivity contribution in [3.8, 4) is 11.3 Å². The van der Waals surface area contributed by atoms with Crippen molar-refractivity contribution >= 4 is 38.1 Å². The van der Waals surface area contributed by atoms with Gasteiger partial charge in [0.05, 0.1) is 17.4 Å². The molecule has 0 unspecified atom stereocenters. The molecule has 3 heterocycles. The van der Waals surface area contributed by atoms with Gasteiger partial charge in [0.25, 0.3) is 0 Å². The van der Waals surface area contributed by atoms with Crippen LogP contribution < -0.4 is 4.90 Å². The fourth-order valence-electron chi connectivity index (χ4n) is 3.35. The average Bonchev–Trinajstić information content (AvgIpc) is 3.25. The summed E-state index contributed by atoms with van der Waals surface area (Å²) in [5.74, 6) is 1.07. The molecule has 0 saturated carbocycles. The van der Waals surface area contributed by atoms with E-state index in [0.29, 0.717) is 0 Å². The minimum absolute atomic E-state index is 0.971. The van der Waals surface area contributed by atoms with Gasteiger partial charge in [-0.2, -0.15) is 5.10 Å². The number of rotatable bonds is 5. The lowest BCUT2D eigenvalue weighted by Gasteiger charge is -2.22. The van der Waals surface area contributed by atoms with Gasteiger partial charge in [0.15, 0.2) is 0 Å². The lowest BCUT2D eigenvalue weighted by atomic mass is 10.1. The van der Waals surface area contributed by atoms with Crippen LogP contribution in [0, 0.1) is 0 Å². The second-order valence-electron chi connectivity index (χ2n) is 6.28. The van der Waals surface area contributed by atoms with Crippen LogP contribution in [0.25, 0.3) is 32.2 Å². The fourth-order valence-corrected chi connectivity index (χ4v) is 4.17. The van der Waals surface area contributed by atoms with Crippen LogP contribution in [-0.4, -0.2) is 27.9 Å². The maximum absolute atomic E-state index is 5.05. The largest absolute Gasteiger partial charge is 0.357 e. The van der Waals surface area contributed by atoms with Crippen molar-refractivity contribution in [3.05, 3.63) is 41.9 Å². The number of pyridine rings is 1. The topological polar surface area (TPSA) is 34.0 Å². The summed E-state index contributed by atoms with van der Waals surface area (Å²) in [7, 11) is 1.97. The number of fused-ring (bicyclic) bond motifs is 2. The number of benzene rings is 1. The monoisotopic (exact) mass is 350 g/mol. The van der Waals surface area contributed by atoms with Crippen molar-refractivity contribution in [1.82, 2.24) is 14.8 Å². The SMILES string of the molecule is CCCN(CC)c1cc2sccc2c(-c2ccc3c(cnn3C)c2)n1. The minimum atomic E-state index is 0.971. The number of anilines is 1. The molecule has 0 saturated heterocycles. The van der Waals surface area contributed by atoms with Crippen molar-refractivity contribution in [2.75, 3.05) is 18.0 Å². The second-order valence-corrected chi connectivity index (χ2v) is 7.23. The number of aryl methyl sites for hydroxylation is 1. The standard InChI is InChI=1S/C20H22N4S/c1-4-9-24(5-2)19-12-18-16(8-10-25-18)20(22-19)14-6-7-17-15(11-14)13-21-23(17)3/h6-8,10-13H,4-5,9H2,1-3H3. The molecule has 0 fully saturated rings. The highest BCUT2D eigenvalue weighted by atomic mass is 32.1. The van der Waals surface area contributed by atoms with Crippen LogP contribution in [0.2, 0.25) is 0 Å². The molecule has 0 radical (unpaired) electrons. The van der Waals surface area contributed by atoms with Crippen molar-refractivity contribution < 1.29 is 0 Å². The molecule has 4 aromatic rings. The summed E-state index contributed by atoms with van der Waals surface area (Å²) in [6.45, 7) is 6.40. The molecular weight excluding hydrogens is 328 g/mol. The molecule has 3 aromatic heterocycles. The van der Waals surface area contributed by atoms with E-state index in [0.717, 1.165) is 47.5 Å². The lowest BCUT2D eigenvalue weighted by molar-refractivity contribution is 0.780. The third kappa shape index (κ3) is 2.78. The third-order valence-electron chi connectivity index (χ3n) is 4.66. The zero-order valence-corrected chi connectivity index (χ0v) is 15.7. The second kappa shape index (κ2) is 6.48. The Morgan fingerprint density at radius 1 is 1.16 bits per heavy atom. The Bertz CT molecular complexity index is 1030. The molecule has 0 amide bonds. The zero-order valence-electron chi connectivity index (χ0n) is 14.9. The van der Waals surface area contributed by atoms with E-state index in [-0.39, 0.29) is 0 Å². The Balaban J connectivity index is 1.90. The average molecular weight is 350 g/mol. The molecular formula is C20H22N4S. The summed E-state index contributed by atoms with van der Waals surface area (Å²) >= 11 is 1.78. The number of aromatic nitrogens is 3. The van der Waals surface area contributed by atoms with Gasteiger partial charge in [-0.25, -0.2) is 4.98 Å². The van der Waals surface area contributed by atoms with Gasteiger partial charge < -0.3 is 4.90 Å². The molecule has 0 atom stereocenters. The first-order chi connectivity index (χ1) is 12.2. The van der Waals surface area contributed by atoms with Crippen molar-refractivity contribution in [3.63, 3.8) is 0 Å². The van der Waals surface area contributed by atoms with Gasteiger partial charge in [0, 0.05) is 41.2 Å². The quantitative estimate of drug-likeness (QED) is 0.503. The normalized spacial score (nSPS) is 11.5. The van der Waals surface area contributed by atoms with E-state index in [9.17, 15) is 0 Å². The summed E-state index contributed by atoms with van der Waals surface area (Å²) < 4.78 is 3.20. The Hall–Kier alpha value is -2.40. The highest BCUT2D eigenvalue weighted by Gasteiger charge is 2.14. The van der Waals surface area contributed by atoms with Crippen molar-refractivity contribution in [2.24, 2.45) is 7.05 Å². The smallest absolute Gasteiger partial charge is 0.130 e. The maximum atomic E-state index is 5.05. The van der Waals surface area contributed by atoms with Gasteiger partial charge in [-0.15, -0.1) is 11.3 Å². The summed E-state index contributed by atoms with van der Waals surface area (Å²) in [6.07, 6.45) is 3.04. The molecule has 1 aromatic carbocycles. The summed E-state index contributed by atoms with van der Waals surface area (Å²) in [6, 6.07) is 10.9. The van der Waals surface area contributed by atoms with Gasteiger partial charge in [-0.1, -0.05) is 13.0 Å². The van der Waals surface area contributed by atoms with Gasteiger partial charge in [0.2, 0.25) is 0 Å². The van der Waals surface area contributed by atoms with Crippen LogP contribution in [0.15, 0.2) is 41.9 Å². The molecule has 0 aliphatic rings. The molecule has 128 valence electrons. The van der Waals surface area contributed by atoms with Gasteiger partial charge in [0.1, 0.15) is 5.82 Å². The number of nitrogens with zero attached hydrogens (tertiary/aromatic N) is 4. The van der Waals surface area contributed by atoms with E-state index in [1.54, 1.807) is 11.3 Å². The summed E-state index contributed by atoms with van der Waals surface area (Å²) in [4.78, 5) is 7.40. The highest BCUT2D eigenvalue weighted by Crippen LogP contribution is 2.34. The first-order valence-corrected chi connectivity index (χ1v) is 9.64. The minimum Gasteiger partial charge on any atom is -0.357 e. The van der Waals surface area contributed by atoms with Crippen LogP contribution >= 0.6 is 11.3 Å². The molecule has 5 heteroatoms. The van der Waals surface area contributed by atoms with Crippen LogP contribution in [0.3, 0.4) is 0 Å². The van der Waals surface area contributed by atoms with Gasteiger partial charge in [-0.3, -0.25) is 4.68 Å². The Morgan fingerprint density at radius 2 is 2.04 bits per heavy atom. The third-order valence-corrected chi connectivity index (χ3v) is 5.52. The molecule has 0 aliphatic carbocycles. The Morgan fingerprint density at radius 3 is 2.84 bits per heavy atom. The summed E-state index contributed by atoms with van der Waals surface area (Å²) in [5.41, 5.74) is 3.36. The van der Waals surface area contributed by atoms with E-state index >= 15 is 0 Å². The molecule has 4 rings (SSSR count). The molecule has 4 nitrogen and oxygen atoms in total. The molecule has 0 N–H and O–H groups in total. The summed E-state index contributed by atoms with van der Waals surface area (Å²) in [5, 5.41) is 8.88. The van der Waals surface area contributed by atoms with Gasteiger partial charge in [-0.05, 0) is 43.0 Å². The number of hydrogen-bond acceptors (Lipinski definition) is 4. The van der Waals surface area contributed by atoms with Crippen LogP contribution in [0.4, 0.5) is 5.82 Å². The van der Waals surface area contributed by atoms with E-state index in [1.165, 1.54) is 10.1 Å². The van der Waals surface area contributed by atoms with Crippen molar-refractivity contribution in [2.45, 2.75) is 20.3 Å². The van der Waals surface area contributed by atoms with Gasteiger partial charge >= 0.3 is 0 Å². The van der Waals surface area contributed by atoms with E-state index in [2.05, 4.69) is 59.6 Å². The van der Waals surface area contributed by atoms with E-state index in [1.807, 2.05) is 17.9 Å². The predicted molar refractivity (Wildman–Crippen MR) is 108 cm³/mol. The van der Waals surface area contributed by atoms with E-state index < -0.39 is 0 Å². The lowest BCUT2D eigenvalue weighted by Crippen LogP contribution is -2.24.